The highest BCUT2D eigenvalue weighted by Gasteiger charge is 2.31. The van der Waals surface area contributed by atoms with Crippen molar-refractivity contribution in [3.05, 3.63) is 12.0 Å². The highest BCUT2D eigenvalue weighted by Crippen LogP contribution is 2.30. The van der Waals surface area contributed by atoms with Gasteiger partial charge < -0.3 is 15.7 Å². The summed E-state index contributed by atoms with van der Waals surface area (Å²) >= 11 is 0. The minimum Gasteiger partial charge on any atom is -0.390 e. The standard InChI is InChI=1S/C17H28N6O.2ClH/c1-4-5-6-23-17-15(13(21-23)7-11(2)3)16(19-10-20-17)22-8-12(18)14(24)9-22;;/h10-12,14,24H,4-9,18H2,1-3H3;2*1H/t12-,14-;;/m1../s1. The second-order valence-electron chi connectivity index (χ2n) is 7.15. The molecule has 0 aliphatic carbocycles. The molecule has 0 amide bonds. The summed E-state index contributed by atoms with van der Waals surface area (Å²) in [5, 5.41) is 15.9. The fourth-order valence-corrected chi connectivity index (χ4v) is 3.28. The zero-order chi connectivity index (χ0) is 17.3. The fourth-order valence-electron chi connectivity index (χ4n) is 3.28. The van der Waals surface area contributed by atoms with Gasteiger partial charge in [-0.2, -0.15) is 5.10 Å². The van der Waals surface area contributed by atoms with E-state index in [4.69, 9.17) is 10.8 Å². The van der Waals surface area contributed by atoms with Crippen LogP contribution in [0.1, 0.15) is 39.3 Å². The Bertz CT molecular complexity index is 698. The molecule has 26 heavy (non-hydrogen) atoms. The summed E-state index contributed by atoms with van der Waals surface area (Å²) in [5.41, 5.74) is 7.92. The molecule has 0 unspecified atom stereocenters. The van der Waals surface area contributed by atoms with Crippen molar-refractivity contribution < 1.29 is 5.11 Å². The summed E-state index contributed by atoms with van der Waals surface area (Å²) in [6, 6.07) is -0.237. The summed E-state index contributed by atoms with van der Waals surface area (Å²) < 4.78 is 2.01. The molecule has 1 fully saturated rings. The molecule has 1 aliphatic heterocycles. The molecular weight excluding hydrogens is 375 g/mol. The number of rotatable bonds is 6. The summed E-state index contributed by atoms with van der Waals surface area (Å²) in [7, 11) is 0. The van der Waals surface area contributed by atoms with Gasteiger partial charge >= 0.3 is 0 Å². The normalized spacial score (nSPS) is 19.7. The molecule has 148 valence electrons. The van der Waals surface area contributed by atoms with Gasteiger partial charge in [0.25, 0.3) is 0 Å². The molecule has 3 rings (SSSR count). The predicted molar refractivity (Wildman–Crippen MR) is 109 cm³/mol. The number of aliphatic hydroxyl groups is 1. The number of aryl methyl sites for hydroxylation is 1. The number of hydrogen-bond donors (Lipinski definition) is 2. The monoisotopic (exact) mass is 404 g/mol. The van der Waals surface area contributed by atoms with Crippen molar-refractivity contribution in [2.24, 2.45) is 11.7 Å². The number of β-amino-alcohol motifs (C(OH)–C–C–N with tert-alkyl or cyclic N) is 1. The largest absolute Gasteiger partial charge is 0.390 e. The summed E-state index contributed by atoms with van der Waals surface area (Å²) in [5.74, 6) is 1.35. The Balaban J connectivity index is 0.00000169. The number of unbranched alkanes of at least 4 members (excludes halogenated alkanes) is 1. The molecule has 3 N–H and O–H groups in total. The van der Waals surface area contributed by atoms with Crippen LogP contribution in [-0.4, -0.2) is 50.1 Å². The molecule has 2 atom stereocenters. The summed E-state index contributed by atoms with van der Waals surface area (Å²) in [4.78, 5) is 11.1. The Kier molecular flexibility index (Phi) is 8.53. The second-order valence-corrected chi connectivity index (χ2v) is 7.15. The van der Waals surface area contributed by atoms with Crippen molar-refractivity contribution in [3.8, 4) is 0 Å². The quantitative estimate of drug-likeness (QED) is 0.765. The molecule has 2 aromatic rings. The van der Waals surface area contributed by atoms with Gasteiger partial charge in [-0.3, -0.25) is 0 Å². The number of anilines is 1. The van der Waals surface area contributed by atoms with E-state index in [2.05, 4.69) is 35.6 Å². The van der Waals surface area contributed by atoms with Gasteiger partial charge in [-0.05, 0) is 18.8 Å². The van der Waals surface area contributed by atoms with Crippen molar-refractivity contribution in [2.75, 3.05) is 18.0 Å². The minimum absolute atomic E-state index is 0. The van der Waals surface area contributed by atoms with E-state index >= 15 is 0 Å². The Morgan fingerprint density at radius 1 is 1.27 bits per heavy atom. The van der Waals surface area contributed by atoms with E-state index in [0.29, 0.717) is 19.0 Å². The highest BCUT2D eigenvalue weighted by molar-refractivity contribution is 5.90. The molecule has 0 saturated carbocycles. The lowest BCUT2D eigenvalue weighted by Gasteiger charge is -2.17. The van der Waals surface area contributed by atoms with E-state index in [1.54, 1.807) is 6.33 Å². The highest BCUT2D eigenvalue weighted by atomic mass is 35.5. The van der Waals surface area contributed by atoms with Gasteiger partial charge in [-0.15, -0.1) is 24.8 Å². The molecule has 1 aliphatic rings. The van der Waals surface area contributed by atoms with Crippen LogP contribution in [0.4, 0.5) is 5.82 Å². The van der Waals surface area contributed by atoms with Crippen LogP contribution in [0.2, 0.25) is 0 Å². The maximum Gasteiger partial charge on any atom is 0.163 e. The van der Waals surface area contributed by atoms with Crippen LogP contribution in [-0.2, 0) is 13.0 Å². The van der Waals surface area contributed by atoms with Crippen LogP contribution < -0.4 is 10.6 Å². The average molecular weight is 405 g/mol. The van der Waals surface area contributed by atoms with Gasteiger partial charge in [0.05, 0.1) is 17.2 Å². The number of halogens is 2. The molecule has 9 heteroatoms. The smallest absolute Gasteiger partial charge is 0.163 e. The van der Waals surface area contributed by atoms with Crippen molar-refractivity contribution in [1.82, 2.24) is 19.7 Å². The van der Waals surface area contributed by atoms with E-state index in [1.165, 1.54) is 0 Å². The topological polar surface area (TPSA) is 93.1 Å². The summed E-state index contributed by atoms with van der Waals surface area (Å²) in [6.45, 7) is 8.53. The van der Waals surface area contributed by atoms with E-state index in [1.807, 2.05) is 4.68 Å². The van der Waals surface area contributed by atoms with Gasteiger partial charge in [-0.25, -0.2) is 14.6 Å². The van der Waals surface area contributed by atoms with Crippen LogP contribution in [0.15, 0.2) is 6.33 Å². The molecule has 0 radical (unpaired) electrons. The molecule has 2 aromatic heterocycles. The molecule has 3 heterocycles. The fraction of sp³-hybridized carbons (Fsp3) is 0.706. The van der Waals surface area contributed by atoms with Gasteiger partial charge in [0.15, 0.2) is 5.65 Å². The zero-order valence-electron chi connectivity index (χ0n) is 15.6. The molecule has 7 nitrogen and oxygen atoms in total. The number of hydrogen-bond acceptors (Lipinski definition) is 6. The Hall–Kier alpha value is -1.15. The molecule has 0 aromatic carbocycles. The van der Waals surface area contributed by atoms with Crippen molar-refractivity contribution in [2.45, 2.75) is 58.7 Å². The third-order valence-electron chi connectivity index (χ3n) is 4.54. The van der Waals surface area contributed by atoms with Gasteiger partial charge in [-0.1, -0.05) is 27.2 Å². The molecule has 0 spiro atoms. The predicted octanol–water partition coefficient (Wildman–Crippen LogP) is 2.18. The van der Waals surface area contributed by atoms with E-state index < -0.39 is 6.10 Å². The summed E-state index contributed by atoms with van der Waals surface area (Å²) in [6.07, 6.45) is 4.16. The maximum atomic E-state index is 10.0. The first kappa shape index (κ1) is 22.9. The Labute approximate surface area is 167 Å². The number of aliphatic hydroxyl groups excluding tert-OH is 1. The third-order valence-corrected chi connectivity index (χ3v) is 4.54. The second kappa shape index (κ2) is 9.69. The molecule has 0 bridgehead atoms. The Morgan fingerprint density at radius 3 is 2.58 bits per heavy atom. The lowest BCUT2D eigenvalue weighted by atomic mass is 10.1. The number of aromatic nitrogens is 4. The van der Waals surface area contributed by atoms with Gasteiger partial charge in [0.1, 0.15) is 12.1 Å². The number of nitrogens with two attached hydrogens (primary N) is 1. The molecular formula is C17H30Cl2N6O. The SMILES string of the molecule is CCCCn1nc(CC(C)C)c2c(N3C[C@@H](N)[C@H](O)C3)ncnc21.Cl.Cl. The first-order valence-corrected chi connectivity index (χ1v) is 8.90. The van der Waals surface area contributed by atoms with E-state index in [0.717, 1.165) is 48.4 Å². The van der Waals surface area contributed by atoms with E-state index in [9.17, 15) is 5.11 Å². The average Bonchev–Trinajstić information content (AvgIpc) is 3.06. The van der Waals surface area contributed by atoms with Crippen LogP contribution in [0, 0.1) is 5.92 Å². The number of fused-ring (bicyclic) bond motifs is 1. The first-order valence-electron chi connectivity index (χ1n) is 8.90. The number of nitrogens with zero attached hydrogens (tertiary/aromatic N) is 5. The zero-order valence-corrected chi connectivity index (χ0v) is 17.3. The van der Waals surface area contributed by atoms with Crippen LogP contribution in [0.25, 0.3) is 11.0 Å². The van der Waals surface area contributed by atoms with Gasteiger partial charge in [0, 0.05) is 25.7 Å². The molecule has 1 saturated heterocycles. The van der Waals surface area contributed by atoms with Crippen molar-refractivity contribution >= 4 is 41.7 Å². The van der Waals surface area contributed by atoms with Crippen LogP contribution in [0.5, 0.6) is 0 Å². The minimum atomic E-state index is -0.515. The maximum absolute atomic E-state index is 10.0. The third kappa shape index (κ3) is 4.57. The lowest BCUT2D eigenvalue weighted by molar-refractivity contribution is 0.180. The van der Waals surface area contributed by atoms with Gasteiger partial charge in [0.2, 0.25) is 0 Å². The Morgan fingerprint density at radius 2 is 2.00 bits per heavy atom. The van der Waals surface area contributed by atoms with E-state index in [-0.39, 0.29) is 30.9 Å². The lowest BCUT2D eigenvalue weighted by Crippen LogP contribution is -2.32. The first-order chi connectivity index (χ1) is 11.5. The van der Waals surface area contributed by atoms with Crippen molar-refractivity contribution in [3.63, 3.8) is 0 Å². The van der Waals surface area contributed by atoms with Crippen LogP contribution >= 0.6 is 24.8 Å². The van der Waals surface area contributed by atoms with Crippen LogP contribution in [0.3, 0.4) is 0 Å². The van der Waals surface area contributed by atoms with Crippen molar-refractivity contribution in [1.29, 1.82) is 0 Å².